The van der Waals surface area contributed by atoms with Crippen molar-refractivity contribution in [3.63, 3.8) is 0 Å². The van der Waals surface area contributed by atoms with Crippen molar-refractivity contribution < 1.29 is 14.7 Å². The molecule has 1 aromatic rings. The highest BCUT2D eigenvalue weighted by atomic mass is 16.4. The summed E-state index contributed by atoms with van der Waals surface area (Å²) in [7, 11) is 0. The number of nitrogens with two attached hydrogens (primary N) is 1. The van der Waals surface area contributed by atoms with Crippen LogP contribution in [0.15, 0.2) is 24.3 Å². The lowest BCUT2D eigenvalue weighted by atomic mass is 9.97. The number of carboxylic acids is 1. The van der Waals surface area contributed by atoms with E-state index < -0.39 is 11.9 Å². The van der Waals surface area contributed by atoms with Gasteiger partial charge in [-0.3, -0.25) is 4.79 Å². The predicted octanol–water partition coefficient (Wildman–Crippen LogP) is 2.34. The van der Waals surface area contributed by atoms with E-state index in [-0.39, 0.29) is 6.03 Å². The molecule has 5 heteroatoms. The van der Waals surface area contributed by atoms with Gasteiger partial charge in [0, 0.05) is 13.1 Å². The number of rotatable bonds is 2. The van der Waals surface area contributed by atoms with Crippen LogP contribution in [0, 0.1) is 6.92 Å². The number of nitrogens with zero attached hydrogens (tertiary/aromatic N) is 1. The van der Waals surface area contributed by atoms with E-state index in [2.05, 4.69) is 0 Å². The first-order valence-corrected chi connectivity index (χ1v) is 6.76. The molecule has 2 amide bonds. The Kier molecular flexibility index (Phi) is 6.03. The molecule has 1 heterocycles. The Hall–Kier alpha value is -2.04. The highest BCUT2D eigenvalue weighted by Crippen LogP contribution is 2.18. The minimum absolute atomic E-state index is 0.275. The van der Waals surface area contributed by atoms with Crippen molar-refractivity contribution >= 4 is 12.0 Å². The summed E-state index contributed by atoms with van der Waals surface area (Å²) in [5.74, 6) is -1.18. The van der Waals surface area contributed by atoms with E-state index in [1.807, 2.05) is 31.2 Å². The van der Waals surface area contributed by atoms with Crippen molar-refractivity contribution in [3.8, 4) is 0 Å². The molecule has 20 heavy (non-hydrogen) atoms. The van der Waals surface area contributed by atoms with Gasteiger partial charge in [0.25, 0.3) is 0 Å². The van der Waals surface area contributed by atoms with E-state index in [0.717, 1.165) is 37.1 Å². The highest BCUT2D eigenvalue weighted by Gasteiger charge is 2.14. The molecule has 0 saturated carbocycles. The molecule has 110 valence electrons. The first-order valence-electron chi connectivity index (χ1n) is 6.76. The van der Waals surface area contributed by atoms with Crippen molar-refractivity contribution in [1.82, 2.24) is 4.90 Å². The molecule has 5 nitrogen and oxygen atoms in total. The lowest BCUT2D eigenvalue weighted by molar-refractivity contribution is -0.138. The maximum Gasteiger partial charge on any atom is 0.314 e. The number of carbonyl (C=O) groups is 2. The largest absolute Gasteiger partial charge is 0.481 e. The molecular weight excluding hydrogens is 256 g/mol. The second kappa shape index (κ2) is 7.53. The van der Waals surface area contributed by atoms with Crippen LogP contribution in [0.2, 0.25) is 0 Å². The van der Waals surface area contributed by atoms with Crippen molar-refractivity contribution in [2.24, 2.45) is 5.73 Å². The van der Waals surface area contributed by atoms with E-state index in [4.69, 9.17) is 10.8 Å². The Labute approximate surface area is 119 Å². The van der Waals surface area contributed by atoms with Gasteiger partial charge in [0.1, 0.15) is 0 Å². The van der Waals surface area contributed by atoms with Crippen LogP contribution >= 0.6 is 0 Å². The molecule has 1 aromatic carbocycles. The second-order valence-corrected chi connectivity index (χ2v) is 4.95. The molecule has 1 unspecified atom stereocenters. The van der Waals surface area contributed by atoms with Gasteiger partial charge in [-0.25, -0.2) is 4.79 Å². The first kappa shape index (κ1) is 16.0. The first-order chi connectivity index (χ1) is 9.43. The van der Waals surface area contributed by atoms with Gasteiger partial charge < -0.3 is 15.7 Å². The van der Waals surface area contributed by atoms with Gasteiger partial charge in [0.05, 0.1) is 5.92 Å². The number of carboxylic acid groups (broad SMARTS) is 1. The SMILES string of the molecule is Cc1ccccc1C(C)C(=O)O.NC(=O)N1CCCC1. The number of urea groups is 1. The van der Waals surface area contributed by atoms with Crippen molar-refractivity contribution in [3.05, 3.63) is 35.4 Å². The zero-order valence-corrected chi connectivity index (χ0v) is 12.0. The third-order valence-corrected chi connectivity index (χ3v) is 3.44. The standard InChI is InChI=1S/C10H12O2.C5H10N2O/c1-7-5-3-4-6-9(7)8(2)10(11)12;6-5(8)7-3-1-2-4-7/h3-6,8H,1-2H3,(H,11,12);1-4H2,(H2,6,8). The zero-order chi connectivity index (χ0) is 15.1. The topological polar surface area (TPSA) is 83.6 Å². The summed E-state index contributed by atoms with van der Waals surface area (Å²) in [5.41, 5.74) is 6.91. The summed E-state index contributed by atoms with van der Waals surface area (Å²) < 4.78 is 0. The Balaban J connectivity index is 0.000000217. The van der Waals surface area contributed by atoms with Crippen LogP contribution in [0.5, 0.6) is 0 Å². The van der Waals surface area contributed by atoms with Crippen LogP contribution in [-0.4, -0.2) is 35.1 Å². The zero-order valence-electron chi connectivity index (χ0n) is 12.0. The molecule has 3 N–H and O–H groups in total. The van der Waals surface area contributed by atoms with E-state index in [9.17, 15) is 9.59 Å². The van der Waals surface area contributed by atoms with Gasteiger partial charge >= 0.3 is 12.0 Å². The van der Waals surface area contributed by atoms with Crippen molar-refractivity contribution in [2.45, 2.75) is 32.6 Å². The van der Waals surface area contributed by atoms with Crippen molar-refractivity contribution in [2.75, 3.05) is 13.1 Å². The number of carbonyl (C=O) groups excluding carboxylic acids is 1. The third kappa shape index (κ3) is 4.57. The van der Waals surface area contributed by atoms with Gasteiger partial charge in [-0.1, -0.05) is 24.3 Å². The summed E-state index contributed by atoms with van der Waals surface area (Å²) in [5, 5.41) is 8.76. The number of hydrogen-bond acceptors (Lipinski definition) is 2. The number of primary amides is 1. The van der Waals surface area contributed by atoms with E-state index in [0.29, 0.717) is 0 Å². The van der Waals surface area contributed by atoms with Crippen LogP contribution in [0.1, 0.15) is 36.8 Å². The minimum Gasteiger partial charge on any atom is -0.481 e. The molecular formula is C15H22N2O3. The minimum atomic E-state index is -0.774. The fraction of sp³-hybridized carbons (Fsp3) is 0.467. The Morgan fingerprint density at radius 3 is 2.20 bits per heavy atom. The molecule has 2 rings (SSSR count). The van der Waals surface area contributed by atoms with Crippen LogP contribution in [0.3, 0.4) is 0 Å². The molecule has 1 aliphatic rings. The molecule has 0 radical (unpaired) electrons. The fourth-order valence-electron chi connectivity index (χ4n) is 2.14. The number of aryl methyl sites for hydroxylation is 1. The molecule has 1 fully saturated rings. The monoisotopic (exact) mass is 278 g/mol. The number of hydrogen-bond donors (Lipinski definition) is 2. The lowest BCUT2D eigenvalue weighted by Gasteiger charge is -2.09. The normalized spacial score (nSPS) is 15.2. The van der Waals surface area contributed by atoms with E-state index in [1.54, 1.807) is 11.8 Å². The van der Waals surface area contributed by atoms with Crippen LogP contribution in [0.4, 0.5) is 4.79 Å². The Bertz CT molecular complexity index is 468. The molecule has 1 saturated heterocycles. The molecule has 0 bridgehead atoms. The quantitative estimate of drug-likeness (QED) is 0.871. The predicted molar refractivity (Wildman–Crippen MR) is 77.6 cm³/mol. The Morgan fingerprint density at radius 1 is 1.25 bits per heavy atom. The summed E-state index contributed by atoms with van der Waals surface area (Å²) in [4.78, 5) is 22.7. The van der Waals surface area contributed by atoms with Crippen LogP contribution < -0.4 is 5.73 Å². The molecule has 0 aliphatic carbocycles. The van der Waals surface area contributed by atoms with E-state index >= 15 is 0 Å². The number of aliphatic carboxylic acids is 1. The van der Waals surface area contributed by atoms with Crippen LogP contribution in [0.25, 0.3) is 0 Å². The average Bonchev–Trinajstić information content (AvgIpc) is 2.93. The highest BCUT2D eigenvalue weighted by molar-refractivity contribution is 5.76. The second-order valence-electron chi connectivity index (χ2n) is 4.95. The summed E-state index contributed by atoms with van der Waals surface area (Å²) in [6.07, 6.45) is 2.23. The van der Waals surface area contributed by atoms with Gasteiger partial charge in [0.15, 0.2) is 0 Å². The third-order valence-electron chi connectivity index (χ3n) is 3.44. The van der Waals surface area contributed by atoms with Gasteiger partial charge in [-0.15, -0.1) is 0 Å². The Morgan fingerprint density at radius 2 is 1.80 bits per heavy atom. The maximum atomic E-state index is 10.7. The molecule has 0 spiro atoms. The van der Waals surface area contributed by atoms with Gasteiger partial charge in [0.2, 0.25) is 0 Å². The van der Waals surface area contributed by atoms with Crippen LogP contribution in [-0.2, 0) is 4.79 Å². The number of amides is 2. The number of benzene rings is 1. The van der Waals surface area contributed by atoms with E-state index in [1.165, 1.54) is 0 Å². The summed E-state index contributed by atoms with van der Waals surface area (Å²) in [6, 6.07) is 7.28. The molecule has 0 aromatic heterocycles. The van der Waals surface area contributed by atoms with Crippen molar-refractivity contribution in [1.29, 1.82) is 0 Å². The number of likely N-dealkylation sites (tertiary alicyclic amines) is 1. The maximum absolute atomic E-state index is 10.7. The fourth-order valence-corrected chi connectivity index (χ4v) is 2.14. The smallest absolute Gasteiger partial charge is 0.314 e. The molecule has 1 aliphatic heterocycles. The summed E-state index contributed by atoms with van der Waals surface area (Å²) in [6.45, 7) is 5.34. The molecule has 1 atom stereocenters. The lowest BCUT2D eigenvalue weighted by Crippen LogP contribution is -2.32. The van der Waals surface area contributed by atoms with Gasteiger partial charge in [-0.05, 0) is 37.8 Å². The average molecular weight is 278 g/mol. The summed E-state index contributed by atoms with van der Waals surface area (Å²) >= 11 is 0. The van der Waals surface area contributed by atoms with Gasteiger partial charge in [-0.2, -0.15) is 0 Å².